The van der Waals surface area contributed by atoms with Gasteiger partial charge in [-0.15, -0.1) is 0 Å². The molecule has 5 nitrogen and oxygen atoms in total. The fourth-order valence-electron chi connectivity index (χ4n) is 1.60. The van der Waals surface area contributed by atoms with Crippen molar-refractivity contribution in [2.45, 2.75) is 19.0 Å². The lowest BCUT2D eigenvalue weighted by Gasteiger charge is -2.17. The van der Waals surface area contributed by atoms with Crippen LogP contribution in [-0.4, -0.2) is 37.9 Å². The topological polar surface area (TPSA) is 61.4 Å². The van der Waals surface area contributed by atoms with Gasteiger partial charge >= 0.3 is 12.1 Å². The molecule has 0 aromatic heterocycles. The Morgan fingerprint density at radius 3 is 1.96 bits per heavy atom. The van der Waals surface area contributed by atoms with Crippen molar-refractivity contribution in [2.24, 2.45) is 0 Å². The predicted octanol–water partition coefficient (Wildman–Crippen LogP) is 2.66. The molecule has 1 aromatic carbocycles. The van der Waals surface area contributed by atoms with E-state index in [-0.39, 0.29) is 17.3 Å². The number of nitrogens with one attached hydrogen (secondary N) is 2. The van der Waals surface area contributed by atoms with Crippen LogP contribution in [0.2, 0.25) is 0 Å². The smallest absolute Gasteiger partial charge is 0.378 e. The van der Waals surface area contributed by atoms with Crippen molar-refractivity contribution in [1.82, 2.24) is 10.9 Å². The van der Waals surface area contributed by atoms with E-state index in [1.165, 1.54) is 12.1 Å². The molecular weight excluding hydrogens is 349 g/mol. The van der Waals surface area contributed by atoms with Gasteiger partial charge in [-0.3, -0.25) is 15.0 Å². The first-order valence-electron chi connectivity index (χ1n) is 6.87. The number of rotatable bonds is 6. The predicted molar refractivity (Wildman–Crippen MR) is 81.1 cm³/mol. The minimum atomic E-state index is -5.99. The third-order valence-electron chi connectivity index (χ3n) is 3.03. The van der Waals surface area contributed by atoms with E-state index < -0.39 is 23.8 Å². The molecule has 25 heavy (non-hydrogen) atoms. The van der Waals surface area contributed by atoms with E-state index in [9.17, 15) is 31.5 Å². The van der Waals surface area contributed by atoms with Gasteiger partial charge in [0.05, 0.1) is 0 Å². The SMILES string of the molecule is CC(=CC(=O)C(F)(F)C(F)(F)F)NNC(=O)c1ccc(N(C)C)cc1. The van der Waals surface area contributed by atoms with Crippen LogP contribution in [-0.2, 0) is 4.79 Å². The molecule has 2 N–H and O–H groups in total. The zero-order valence-electron chi connectivity index (χ0n) is 13.5. The number of carbonyl (C=O) groups excluding carboxylic acids is 2. The summed E-state index contributed by atoms with van der Waals surface area (Å²) in [4.78, 5) is 24.7. The van der Waals surface area contributed by atoms with E-state index in [1.807, 2.05) is 0 Å². The number of ketones is 1. The van der Waals surface area contributed by atoms with Crippen LogP contribution in [0, 0.1) is 0 Å². The summed E-state index contributed by atoms with van der Waals surface area (Å²) < 4.78 is 61.8. The molecule has 0 fully saturated rings. The summed E-state index contributed by atoms with van der Waals surface area (Å²) in [6.07, 6.45) is -5.92. The molecule has 1 aromatic rings. The standard InChI is InChI=1S/C15H16F5N3O2/c1-9(8-12(24)14(16,17)15(18,19)20)21-22-13(25)10-4-6-11(7-5-10)23(2)3/h4-8,21H,1-3H3,(H,22,25). The average molecular weight is 365 g/mol. The number of hydrazine groups is 1. The highest BCUT2D eigenvalue weighted by Gasteiger charge is 2.62. The third-order valence-corrected chi connectivity index (χ3v) is 3.03. The first kappa shape index (κ1) is 20.4. The summed E-state index contributed by atoms with van der Waals surface area (Å²) >= 11 is 0. The van der Waals surface area contributed by atoms with Crippen molar-refractivity contribution in [3.63, 3.8) is 0 Å². The quantitative estimate of drug-likeness (QED) is 0.462. The number of hydrogen-bond acceptors (Lipinski definition) is 4. The highest BCUT2D eigenvalue weighted by Crippen LogP contribution is 2.36. The molecule has 0 radical (unpaired) electrons. The van der Waals surface area contributed by atoms with Crippen molar-refractivity contribution in [1.29, 1.82) is 0 Å². The van der Waals surface area contributed by atoms with E-state index in [0.29, 0.717) is 0 Å². The monoisotopic (exact) mass is 365 g/mol. The van der Waals surface area contributed by atoms with Crippen molar-refractivity contribution < 1.29 is 31.5 Å². The molecule has 138 valence electrons. The minimum absolute atomic E-state index is 0.0723. The molecule has 0 bridgehead atoms. The first-order valence-corrected chi connectivity index (χ1v) is 6.87. The van der Waals surface area contributed by atoms with Gasteiger partial charge in [0.15, 0.2) is 0 Å². The van der Waals surface area contributed by atoms with Gasteiger partial charge in [-0.25, -0.2) is 0 Å². The van der Waals surface area contributed by atoms with Crippen molar-refractivity contribution >= 4 is 17.4 Å². The summed E-state index contributed by atoms with van der Waals surface area (Å²) in [7, 11) is 3.61. The van der Waals surface area contributed by atoms with Crippen molar-refractivity contribution in [3.05, 3.63) is 41.6 Å². The Morgan fingerprint density at radius 2 is 1.52 bits per heavy atom. The van der Waals surface area contributed by atoms with Crippen LogP contribution in [0.5, 0.6) is 0 Å². The number of benzene rings is 1. The summed E-state index contributed by atoms with van der Waals surface area (Å²) in [5.74, 6) is -8.59. The molecule has 1 amide bonds. The van der Waals surface area contributed by atoms with Gasteiger partial charge in [-0.05, 0) is 31.2 Å². The molecule has 0 heterocycles. The van der Waals surface area contributed by atoms with E-state index >= 15 is 0 Å². The largest absolute Gasteiger partial charge is 0.461 e. The molecule has 0 spiro atoms. The molecule has 10 heteroatoms. The van der Waals surface area contributed by atoms with Crippen LogP contribution in [0.25, 0.3) is 0 Å². The zero-order valence-corrected chi connectivity index (χ0v) is 13.5. The van der Waals surface area contributed by atoms with Crippen molar-refractivity contribution in [2.75, 3.05) is 19.0 Å². The first-order chi connectivity index (χ1) is 11.4. The van der Waals surface area contributed by atoms with Gasteiger partial charge in [0.2, 0.25) is 5.78 Å². The Labute approximate surface area is 140 Å². The van der Waals surface area contributed by atoms with Crippen LogP contribution in [0.1, 0.15) is 17.3 Å². The third kappa shape index (κ3) is 5.16. The summed E-state index contributed by atoms with van der Waals surface area (Å²) in [6.45, 7) is 1.06. The number of hydrogen-bond donors (Lipinski definition) is 2. The van der Waals surface area contributed by atoms with Gasteiger partial charge in [0.25, 0.3) is 5.91 Å². The zero-order chi connectivity index (χ0) is 19.4. The van der Waals surface area contributed by atoms with Gasteiger partial charge in [0.1, 0.15) is 0 Å². The van der Waals surface area contributed by atoms with Gasteiger partial charge in [-0.1, -0.05) is 0 Å². The van der Waals surface area contributed by atoms with Crippen LogP contribution < -0.4 is 15.8 Å². The number of allylic oxidation sites excluding steroid dienone is 2. The second-order valence-corrected chi connectivity index (χ2v) is 5.28. The Kier molecular flexibility index (Phi) is 6.11. The maximum atomic E-state index is 12.8. The van der Waals surface area contributed by atoms with E-state index in [1.54, 1.807) is 31.1 Å². The minimum Gasteiger partial charge on any atom is -0.378 e. The summed E-state index contributed by atoms with van der Waals surface area (Å²) in [5.41, 5.74) is 4.87. The summed E-state index contributed by atoms with van der Waals surface area (Å²) in [5, 5.41) is 0. The highest BCUT2D eigenvalue weighted by atomic mass is 19.4. The molecule has 0 saturated heterocycles. The second kappa shape index (κ2) is 7.49. The highest BCUT2D eigenvalue weighted by molar-refractivity contribution is 5.97. The lowest BCUT2D eigenvalue weighted by atomic mass is 10.2. The second-order valence-electron chi connectivity index (χ2n) is 5.28. The number of halogens is 5. The maximum absolute atomic E-state index is 12.8. The van der Waals surface area contributed by atoms with Gasteiger partial charge in [0, 0.05) is 37.1 Å². The number of alkyl halides is 5. The van der Waals surface area contributed by atoms with Crippen LogP contribution in [0.15, 0.2) is 36.0 Å². The van der Waals surface area contributed by atoms with E-state index in [2.05, 4.69) is 10.9 Å². The molecule has 0 atom stereocenters. The fraction of sp³-hybridized carbons (Fsp3) is 0.333. The number of amides is 1. The van der Waals surface area contributed by atoms with Gasteiger partial charge < -0.3 is 10.3 Å². The number of nitrogens with zero attached hydrogens (tertiary/aromatic N) is 1. The van der Waals surface area contributed by atoms with Crippen molar-refractivity contribution in [3.8, 4) is 0 Å². The van der Waals surface area contributed by atoms with Crippen LogP contribution in [0.3, 0.4) is 0 Å². The molecule has 1 rings (SSSR count). The Bertz CT molecular complexity index is 667. The lowest BCUT2D eigenvalue weighted by Crippen LogP contribution is -2.44. The maximum Gasteiger partial charge on any atom is 0.461 e. The van der Waals surface area contributed by atoms with Crippen LogP contribution >= 0.6 is 0 Å². The Hall–Kier alpha value is -2.65. The Morgan fingerprint density at radius 1 is 1.00 bits per heavy atom. The average Bonchev–Trinajstić information content (AvgIpc) is 2.51. The summed E-state index contributed by atoms with van der Waals surface area (Å²) in [6, 6.07) is 6.30. The molecule has 0 aliphatic carbocycles. The van der Waals surface area contributed by atoms with Gasteiger partial charge in [-0.2, -0.15) is 22.0 Å². The molecular formula is C15H16F5N3O2. The fourth-order valence-corrected chi connectivity index (χ4v) is 1.60. The number of carbonyl (C=O) groups is 2. The molecule has 0 aliphatic rings. The normalized spacial score (nSPS) is 12.6. The van der Waals surface area contributed by atoms with E-state index in [4.69, 9.17) is 0 Å². The Balaban J connectivity index is 2.70. The van der Waals surface area contributed by atoms with E-state index in [0.717, 1.165) is 12.6 Å². The molecule has 0 saturated carbocycles. The molecule has 0 aliphatic heterocycles. The lowest BCUT2D eigenvalue weighted by molar-refractivity contribution is -0.266. The van der Waals surface area contributed by atoms with Crippen LogP contribution in [0.4, 0.5) is 27.6 Å². The molecule has 0 unspecified atom stereocenters. The number of anilines is 1.